The summed E-state index contributed by atoms with van der Waals surface area (Å²) in [6.07, 6.45) is -2.46. The van der Waals surface area contributed by atoms with E-state index < -0.39 is 11.7 Å². The first kappa shape index (κ1) is 23.5. The number of piperazine rings is 1. The van der Waals surface area contributed by atoms with E-state index in [9.17, 15) is 13.2 Å². The molecule has 1 aromatic heterocycles. The van der Waals surface area contributed by atoms with Gasteiger partial charge in [-0.1, -0.05) is 48.0 Å². The van der Waals surface area contributed by atoms with E-state index in [1.54, 1.807) is 10.7 Å². The van der Waals surface area contributed by atoms with Crippen LogP contribution >= 0.6 is 23.8 Å². The second kappa shape index (κ2) is 10.1. The Bertz CT molecular complexity index is 1110. The zero-order valence-electron chi connectivity index (χ0n) is 17.7. The van der Waals surface area contributed by atoms with Crippen molar-refractivity contribution in [3.63, 3.8) is 0 Å². The molecule has 1 aliphatic heterocycles. The van der Waals surface area contributed by atoms with Crippen LogP contribution in [0.3, 0.4) is 0 Å². The fourth-order valence-corrected chi connectivity index (χ4v) is 4.20. The first-order valence-corrected chi connectivity index (χ1v) is 11.3. The summed E-state index contributed by atoms with van der Waals surface area (Å²) in [6, 6.07) is 15.0. The van der Waals surface area contributed by atoms with Crippen LogP contribution in [0.2, 0.25) is 5.02 Å². The lowest BCUT2D eigenvalue weighted by molar-refractivity contribution is -0.137. The number of alkyl halides is 3. The number of rotatable bonds is 5. The third kappa shape index (κ3) is 6.25. The summed E-state index contributed by atoms with van der Waals surface area (Å²) in [6.45, 7) is 3.82. The Morgan fingerprint density at radius 1 is 1.00 bits per heavy atom. The van der Waals surface area contributed by atoms with Crippen LogP contribution in [0.1, 0.15) is 16.7 Å². The summed E-state index contributed by atoms with van der Waals surface area (Å²) in [4.78, 5) is 4.18. The van der Waals surface area contributed by atoms with Crippen molar-refractivity contribution in [2.75, 3.05) is 31.5 Å². The van der Waals surface area contributed by atoms with E-state index in [-0.39, 0.29) is 0 Å². The maximum atomic E-state index is 12.9. The standard InChI is InChI=1S/C23H23ClF3N5S/c24-20-7-2-1-5-18(20)16-32-9-8-21(29-32)28-22(33)31-12-10-30(11-13-31)15-17-4-3-6-19(14-17)23(25,26)27/h1-9,14H,10-13,15-16H2,(H,28,29,33). The number of thiocarbonyl (C=S) groups is 1. The molecule has 0 bridgehead atoms. The summed E-state index contributed by atoms with van der Waals surface area (Å²) in [5, 5.41) is 8.96. The van der Waals surface area contributed by atoms with Gasteiger partial charge in [0.25, 0.3) is 0 Å². The molecule has 1 aliphatic rings. The van der Waals surface area contributed by atoms with E-state index in [1.165, 1.54) is 12.1 Å². The fourth-order valence-electron chi connectivity index (χ4n) is 3.72. The molecule has 0 spiro atoms. The Balaban J connectivity index is 1.27. The minimum atomic E-state index is -4.33. The molecule has 174 valence electrons. The number of nitrogens with one attached hydrogen (secondary N) is 1. The van der Waals surface area contributed by atoms with Gasteiger partial charge in [-0.3, -0.25) is 9.58 Å². The van der Waals surface area contributed by atoms with Crippen molar-refractivity contribution < 1.29 is 13.2 Å². The third-order valence-electron chi connectivity index (χ3n) is 5.49. The van der Waals surface area contributed by atoms with Gasteiger partial charge in [0.2, 0.25) is 0 Å². The number of hydrogen-bond acceptors (Lipinski definition) is 3. The summed E-state index contributed by atoms with van der Waals surface area (Å²) < 4.78 is 40.6. The second-order valence-electron chi connectivity index (χ2n) is 7.88. The Morgan fingerprint density at radius 3 is 2.48 bits per heavy atom. The average Bonchev–Trinajstić information content (AvgIpc) is 3.22. The van der Waals surface area contributed by atoms with E-state index in [0.717, 1.165) is 11.6 Å². The minimum Gasteiger partial charge on any atom is -0.346 e. The predicted molar refractivity (Wildman–Crippen MR) is 127 cm³/mol. The monoisotopic (exact) mass is 493 g/mol. The van der Waals surface area contributed by atoms with Crippen LogP contribution < -0.4 is 5.32 Å². The number of halogens is 4. The van der Waals surface area contributed by atoms with Crippen LogP contribution in [0.4, 0.5) is 19.0 Å². The Hall–Kier alpha value is -2.62. The van der Waals surface area contributed by atoms with E-state index in [4.69, 9.17) is 23.8 Å². The molecular formula is C23H23ClF3N5S. The first-order valence-electron chi connectivity index (χ1n) is 10.5. The SMILES string of the molecule is FC(F)(F)c1cccc(CN2CCN(C(=S)Nc3ccn(Cc4ccccc4Cl)n3)CC2)c1. The Kier molecular flexibility index (Phi) is 7.21. The van der Waals surface area contributed by atoms with Gasteiger partial charge < -0.3 is 10.2 Å². The van der Waals surface area contributed by atoms with Crippen LogP contribution in [0.15, 0.2) is 60.8 Å². The van der Waals surface area contributed by atoms with Gasteiger partial charge in [0.15, 0.2) is 10.9 Å². The van der Waals surface area contributed by atoms with Gasteiger partial charge in [-0.25, -0.2) is 0 Å². The van der Waals surface area contributed by atoms with Gasteiger partial charge in [-0.05, 0) is 35.5 Å². The Morgan fingerprint density at radius 2 is 1.76 bits per heavy atom. The van der Waals surface area contributed by atoms with Gasteiger partial charge >= 0.3 is 6.18 Å². The van der Waals surface area contributed by atoms with Gasteiger partial charge in [-0.2, -0.15) is 18.3 Å². The van der Waals surface area contributed by atoms with Crippen molar-refractivity contribution in [1.82, 2.24) is 19.6 Å². The van der Waals surface area contributed by atoms with Gasteiger partial charge in [0.05, 0.1) is 12.1 Å². The van der Waals surface area contributed by atoms with Crippen molar-refractivity contribution in [3.8, 4) is 0 Å². The lowest BCUT2D eigenvalue weighted by Crippen LogP contribution is -2.49. The second-order valence-corrected chi connectivity index (χ2v) is 8.68. The topological polar surface area (TPSA) is 36.3 Å². The van der Waals surface area contributed by atoms with Gasteiger partial charge in [0, 0.05) is 50.0 Å². The molecule has 5 nitrogen and oxygen atoms in total. The minimum absolute atomic E-state index is 0.477. The molecule has 1 fully saturated rings. The van der Waals surface area contributed by atoms with Gasteiger partial charge in [-0.15, -0.1) is 0 Å². The van der Waals surface area contributed by atoms with E-state index in [0.29, 0.717) is 60.8 Å². The summed E-state index contributed by atoms with van der Waals surface area (Å²) in [7, 11) is 0. The molecule has 0 saturated carbocycles. The van der Waals surface area contributed by atoms with Crippen molar-refractivity contribution in [3.05, 3.63) is 82.5 Å². The maximum Gasteiger partial charge on any atom is 0.416 e. The Labute approximate surface area is 200 Å². The summed E-state index contributed by atoms with van der Waals surface area (Å²) in [5.41, 5.74) is 1.02. The zero-order chi connectivity index (χ0) is 23.4. The number of hydrogen-bond donors (Lipinski definition) is 1. The van der Waals surface area contributed by atoms with Crippen LogP contribution in [0.25, 0.3) is 0 Å². The molecule has 0 amide bonds. The first-order chi connectivity index (χ1) is 15.8. The fraction of sp³-hybridized carbons (Fsp3) is 0.304. The summed E-state index contributed by atoms with van der Waals surface area (Å²) in [5.74, 6) is 0.651. The number of benzene rings is 2. The van der Waals surface area contributed by atoms with Crippen molar-refractivity contribution in [2.45, 2.75) is 19.3 Å². The molecule has 0 unspecified atom stereocenters. The molecule has 2 aromatic carbocycles. The molecule has 0 atom stereocenters. The van der Waals surface area contributed by atoms with Crippen molar-refractivity contribution >= 4 is 34.7 Å². The lowest BCUT2D eigenvalue weighted by Gasteiger charge is -2.36. The number of nitrogens with zero attached hydrogens (tertiary/aromatic N) is 4. The molecular weight excluding hydrogens is 471 g/mol. The molecule has 4 rings (SSSR count). The highest BCUT2D eigenvalue weighted by Crippen LogP contribution is 2.29. The average molecular weight is 494 g/mol. The molecule has 0 radical (unpaired) electrons. The van der Waals surface area contributed by atoms with Crippen molar-refractivity contribution in [2.24, 2.45) is 0 Å². The molecule has 33 heavy (non-hydrogen) atoms. The number of aromatic nitrogens is 2. The largest absolute Gasteiger partial charge is 0.416 e. The molecule has 10 heteroatoms. The van der Waals surface area contributed by atoms with Gasteiger partial charge in [0.1, 0.15) is 0 Å². The maximum absolute atomic E-state index is 12.9. The predicted octanol–water partition coefficient (Wildman–Crippen LogP) is 5.12. The van der Waals surface area contributed by atoms with E-state index in [2.05, 4.69) is 15.3 Å². The highest BCUT2D eigenvalue weighted by molar-refractivity contribution is 7.80. The summed E-state index contributed by atoms with van der Waals surface area (Å²) >= 11 is 11.8. The molecule has 2 heterocycles. The molecule has 0 aliphatic carbocycles. The highest BCUT2D eigenvalue weighted by atomic mass is 35.5. The van der Waals surface area contributed by atoms with Crippen LogP contribution in [0.5, 0.6) is 0 Å². The van der Waals surface area contributed by atoms with Crippen LogP contribution in [0, 0.1) is 0 Å². The zero-order valence-corrected chi connectivity index (χ0v) is 19.3. The van der Waals surface area contributed by atoms with Crippen LogP contribution in [-0.2, 0) is 19.3 Å². The normalized spacial score (nSPS) is 15.0. The lowest BCUT2D eigenvalue weighted by atomic mass is 10.1. The number of anilines is 1. The smallest absolute Gasteiger partial charge is 0.346 e. The highest BCUT2D eigenvalue weighted by Gasteiger charge is 2.30. The van der Waals surface area contributed by atoms with Crippen molar-refractivity contribution in [1.29, 1.82) is 0 Å². The van der Waals surface area contributed by atoms with E-state index in [1.807, 2.05) is 41.4 Å². The van der Waals surface area contributed by atoms with Crippen LogP contribution in [-0.4, -0.2) is 50.9 Å². The van der Waals surface area contributed by atoms with E-state index >= 15 is 0 Å². The molecule has 1 saturated heterocycles. The molecule has 1 N–H and O–H groups in total. The molecule has 3 aromatic rings. The quantitative estimate of drug-likeness (QED) is 0.499. The third-order valence-corrected chi connectivity index (χ3v) is 6.21.